The third-order valence-corrected chi connectivity index (χ3v) is 2.26. The van der Waals surface area contributed by atoms with E-state index in [0.29, 0.717) is 0 Å². The number of para-hydroxylation sites is 1. The van der Waals surface area contributed by atoms with E-state index in [-0.39, 0.29) is 12.5 Å². The largest absolute Gasteiger partial charge is 0.482 e. The molecule has 0 saturated carbocycles. The maximum Gasteiger partial charge on any atom is 0.264 e. The number of amides is 1. The van der Waals surface area contributed by atoms with Gasteiger partial charge in [0.2, 0.25) is 0 Å². The molecule has 0 fully saturated rings. The number of benzene rings is 1. The summed E-state index contributed by atoms with van der Waals surface area (Å²) in [6, 6.07) is 5.78. The highest BCUT2D eigenvalue weighted by molar-refractivity contribution is 5.98. The minimum Gasteiger partial charge on any atom is -0.482 e. The summed E-state index contributed by atoms with van der Waals surface area (Å²) in [6.07, 6.45) is 0. The molecule has 68 valence electrons. The van der Waals surface area contributed by atoms with E-state index in [1.165, 1.54) is 0 Å². The molecule has 0 bridgehead atoms. The fourth-order valence-electron chi connectivity index (χ4n) is 1.54. The smallest absolute Gasteiger partial charge is 0.264 e. The summed E-state index contributed by atoms with van der Waals surface area (Å²) in [6.45, 7) is 2.12. The van der Waals surface area contributed by atoms with Crippen LogP contribution in [0.3, 0.4) is 0 Å². The van der Waals surface area contributed by atoms with Crippen molar-refractivity contribution < 1.29 is 9.53 Å². The zero-order valence-electron chi connectivity index (χ0n) is 7.70. The molecule has 13 heavy (non-hydrogen) atoms. The van der Waals surface area contributed by atoms with Crippen molar-refractivity contribution in [3.63, 3.8) is 0 Å². The van der Waals surface area contributed by atoms with Gasteiger partial charge in [0, 0.05) is 7.05 Å². The number of anilines is 1. The van der Waals surface area contributed by atoms with E-state index in [4.69, 9.17) is 4.74 Å². The molecule has 1 aromatic carbocycles. The first-order chi connectivity index (χ1) is 6.20. The summed E-state index contributed by atoms with van der Waals surface area (Å²) in [4.78, 5) is 13.0. The highest BCUT2D eigenvalue weighted by Gasteiger charge is 2.22. The molecule has 2 rings (SSSR count). The molecular formula is C10H11NO2. The van der Waals surface area contributed by atoms with Crippen LogP contribution >= 0.6 is 0 Å². The highest BCUT2D eigenvalue weighted by atomic mass is 16.5. The average Bonchev–Trinajstić information content (AvgIpc) is 2.12. The molecule has 0 atom stereocenters. The Labute approximate surface area is 76.9 Å². The number of fused-ring (bicyclic) bond motifs is 1. The molecule has 1 aliphatic heterocycles. The number of carbonyl (C=O) groups is 1. The highest BCUT2D eigenvalue weighted by Crippen LogP contribution is 2.33. The Morgan fingerprint density at radius 3 is 3.00 bits per heavy atom. The van der Waals surface area contributed by atoms with Crippen molar-refractivity contribution >= 4 is 11.6 Å². The van der Waals surface area contributed by atoms with Crippen LogP contribution in [0.4, 0.5) is 5.69 Å². The summed E-state index contributed by atoms with van der Waals surface area (Å²) in [7, 11) is 1.77. The fourth-order valence-corrected chi connectivity index (χ4v) is 1.54. The number of ether oxygens (including phenoxy) is 1. The second kappa shape index (κ2) is 2.76. The Morgan fingerprint density at radius 1 is 1.46 bits per heavy atom. The van der Waals surface area contributed by atoms with Crippen LogP contribution in [0.1, 0.15) is 5.56 Å². The van der Waals surface area contributed by atoms with Gasteiger partial charge >= 0.3 is 0 Å². The van der Waals surface area contributed by atoms with Gasteiger partial charge in [0.25, 0.3) is 5.91 Å². The monoisotopic (exact) mass is 177 g/mol. The predicted molar refractivity (Wildman–Crippen MR) is 50.1 cm³/mol. The Bertz CT molecular complexity index is 360. The van der Waals surface area contributed by atoms with E-state index in [1.54, 1.807) is 11.9 Å². The van der Waals surface area contributed by atoms with Gasteiger partial charge in [-0.05, 0) is 18.6 Å². The molecule has 1 aliphatic rings. The van der Waals surface area contributed by atoms with Crippen LogP contribution in [0.15, 0.2) is 18.2 Å². The number of aryl methyl sites for hydroxylation is 1. The molecule has 0 aromatic heterocycles. The van der Waals surface area contributed by atoms with Crippen LogP contribution in [0.2, 0.25) is 0 Å². The van der Waals surface area contributed by atoms with Crippen LogP contribution < -0.4 is 9.64 Å². The van der Waals surface area contributed by atoms with Crippen molar-refractivity contribution in [1.82, 2.24) is 0 Å². The number of carbonyl (C=O) groups excluding carboxylic acids is 1. The minimum atomic E-state index is 0.00167. The average molecular weight is 177 g/mol. The zero-order valence-corrected chi connectivity index (χ0v) is 7.70. The van der Waals surface area contributed by atoms with Crippen LogP contribution in [-0.4, -0.2) is 19.6 Å². The molecule has 1 heterocycles. The van der Waals surface area contributed by atoms with Crippen molar-refractivity contribution in [3.05, 3.63) is 23.8 Å². The van der Waals surface area contributed by atoms with E-state index in [0.717, 1.165) is 17.0 Å². The van der Waals surface area contributed by atoms with E-state index >= 15 is 0 Å². The van der Waals surface area contributed by atoms with Crippen molar-refractivity contribution in [2.75, 3.05) is 18.6 Å². The van der Waals surface area contributed by atoms with Crippen molar-refractivity contribution in [3.8, 4) is 5.75 Å². The van der Waals surface area contributed by atoms with Crippen LogP contribution in [0, 0.1) is 6.92 Å². The first-order valence-electron chi connectivity index (χ1n) is 4.19. The Balaban J connectivity index is 2.57. The van der Waals surface area contributed by atoms with Gasteiger partial charge in [-0.15, -0.1) is 0 Å². The van der Waals surface area contributed by atoms with Crippen LogP contribution in [0.25, 0.3) is 0 Å². The molecule has 0 unspecified atom stereocenters. The third kappa shape index (κ3) is 1.16. The Hall–Kier alpha value is -1.51. The molecule has 0 spiro atoms. The lowest BCUT2D eigenvalue weighted by Crippen LogP contribution is -2.35. The molecular weight excluding hydrogens is 166 g/mol. The van der Waals surface area contributed by atoms with Gasteiger partial charge < -0.3 is 9.64 Å². The lowest BCUT2D eigenvalue weighted by Gasteiger charge is -2.27. The van der Waals surface area contributed by atoms with Gasteiger partial charge in [-0.25, -0.2) is 0 Å². The lowest BCUT2D eigenvalue weighted by atomic mass is 10.1. The Morgan fingerprint density at radius 2 is 2.23 bits per heavy atom. The number of rotatable bonds is 0. The summed E-state index contributed by atoms with van der Waals surface area (Å²) in [5.41, 5.74) is 1.95. The first-order valence-corrected chi connectivity index (χ1v) is 4.19. The quantitative estimate of drug-likeness (QED) is 0.598. The van der Waals surface area contributed by atoms with Gasteiger partial charge in [0.15, 0.2) is 6.61 Å². The van der Waals surface area contributed by atoms with E-state index in [2.05, 4.69) is 0 Å². The molecule has 3 nitrogen and oxygen atoms in total. The van der Waals surface area contributed by atoms with Crippen LogP contribution in [-0.2, 0) is 4.79 Å². The minimum absolute atomic E-state index is 0.00167. The molecule has 0 saturated heterocycles. The molecule has 0 radical (unpaired) electrons. The molecule has 1 amide bonds. The van der Waals surface area contributed by atoms with E-state index in [1.807, 2.05) is 25.1 Å². The fraction of sp³-hybridized carbons (Fsp3) is 0.300. The van der Waals surface area contributed by atoms with Gasteiger partial charge in [-0.1, -0.05) is 12.1 Å². The van der Waals surface area contributed by atoms with E-state index < -0.39 is 0 Å². The third-order valence-electron chi connectivity index (χ3n) is 2.26. The topological polar surface area (TPSA) is 29.5 Å². The number of likely N-dealkylation sites (N-methyl/N-ethyl adjacent to an activating group) is 1. The zero-order chi connectivity index (χ0) is 9.42. The standard InChI is InChI=1S/C10H11NO2/c1-7-4-3-5-8-10(7)11(2)9(12)6-13-8/h3-5H,6H2,1-2H3. The molecule has 0 aliphatic carbocycles. The Kier molecular flexibility index (Phi) is 1.72. The molecule has 0 N–H and O–H groups in total. The van der Waals surface area contributed by atoms with Crippen molar-refractivity contribution in [2.45, 2.75) is 6.92 Å². The summed E-state index contributed by atoms with van der Waals surface area (Å²) in [5.74, 6) is 0.795. The molecule has 1 aromatic rings. The number of hydrogen-bond donors (Lipinski definition) is 0. The van der Waals surface area contributed by atoms with Gasteiger partial charge in [-0.3, -0.25) is 4.79 Å². The number of hydrogen-bond acceptors (Lipinski definition) is 2. The molecule has 3 heteroatoms. The SMILES string of the molecule is Cc1cccc2c1N(C)C(=O)CO2. The van der Waals surface area contributed by atoms with E-state index in [9.17, 15) is 4.79 Å². The maximum atomic E-state index is 11.3. The summed E-state index contributed by atoms with van der Waals surface area (Å²) in [5, 5.41) is 0. The van der Waals surface area contributed by atoms with Gasteiger partial charge in [0.1, 0.15) is 5.75 Å². The van der Waals surface area contributed by atoms with Gasteiger partial charge in [0.05, 0.1) is 5.69 Å². The normalized spacial score (nSPS) is 15.2. The maximum absolute atomic E-state index is 11.3. The second-order valence-corrected chi connectivity index (χ2v) is 3.16. The predicted octanol–water partition coefficient (Wildman–Crippen LogP) is 1.35. The lowest BCUT2D eigenvalue weighted by molar-refractivity contribution is -0.121. The number of nitrogens with zero attached hydrogens (tertiary/aromatic N) is 1. The summed E-state index contributed by atoms with van der Waals surface area (Å²) >= 11 is 0. The van der Waals surface area contributed by atoms with Gasteiger partial charge in [-0.2, -0.15) is 0 Å². The summed E-state index contributed by atoms with van der Waals surface area (Å²) < 4.78 is 5.30. The second-order valence-electron chi connectivity index (χ2n) is 3.16. The van der Waals surface area contributed by atoms with Crippen LogP contribution in [0.5, 0.6) is 5.75 Å². The van der Waals surface area contributed by atoms with Crippen molar-refractivity contribution in [1.29, 1.82) is 0 Å². The van der Waals surface area contributed by atoms with Crippen molar-refractivity contribution in [2.24, 2.45) is 0 Å². The first kappa shape index (κ1) is 8.10.